The minimum atomic E-state index is -4.48. The molecule has 0 spiro atoms. The molecule has 1 saturated carbocycles. The largest absolute Gasteiger partial charge is 0.416 e. The summed E-state index contributed by atoms with van der Waals surface area (Å²) in [5.41, 5.74) is 0.0837. The number of alkyl halides is 3. The highest BCUT2D eigenvalue weighted by molar-refractivity contribution is 6.00. The highest BCUT2D eigenvalue weighted by atomic mass is 19.4. The quantitative estimate of drug-likeness (QED) is 0.685. The summed E-state index contributed by atoms with van der Waals surface area (Å²) in [5, 5.41) is 7.86. The van der Waals surface area contributed by atoms with E-state index in [-0.39, 0.29) is 17.6 Å². The molecule has 0 saturated heterocycles. The predicted octanol–water partition coefficient (Wildman–Crippen LogP) is 5.02. The third kappa shape index (κ3) is 5.25. The van der Waals surface area contributed by atoms with Crippen LogP contribution in [0.3, 0.4) is 0 Å². The summed E-state index contributed by atoms with van der Waals surface area (Å²) in [4.78, 5) is 24.2. The minimum Gasteiger partial charge on any atom is -0.349 e. The summed E-state index contributed by atoms with van der Waals surface area (Å²) in [6, 6.07) is 10.2. The van der Waals surface area contributed by atoms with Crippen molar-refractivity contribution < 1.29 is 22.8 Å². The van der Waals surface area contributed by atoms with Gasteiger partial charge in [0.25, 0.3) is 5.91 Å². The van der Waals surface area contributed by atoms with Crippen LogP contribution in [0.2, 0.25) is 0 Å². The number of anilines is 2. The number of carbonyl (C=O) groups excluding carboxylic acids is 2. The monoisotopic (exact) mass is 391 g/mol. The Morgan fingerprint density at radius 3 is 2.18 bits per heavy atom. The summed E-state index contributed by atoms with van der Waals surface area (Å²) < 4.78 is 38.2. The molecule has 3 amide bonds. The first-order valence-electron chi connectivity index (χ1n) is 8.97. The van der Waals surface area contributed by atoms with E-state index in [0.29, 0.717) is 11.3 Å². The van der Waals surface area contributed by atoms with E-state index < -0.39 is 17.8 Å². The maximum absolute atomic E-state index is 12.7. The van der Waals surface area contributed by atoms with Gasteiger partial charge in [0.05, 0.1) is 5.56 Å². The molecule has 0 unspecified atom stereocenters. The number of benzene rings is 2. The van der Waals surface area contributed by atoms with E-state index in [1.165, 1.54) is 12.1 Å². The Morgan fingerprint density at radius 2 is 1.54 bits per heavy atom. The maximum Gasteiger partial charge on any atom is 0.416 e. The second-order valence-corrected chi connectivity index (χ2v) is 6.69. The van der Waals surface area contributed by atoms with Crippen molar-refractivity contribution in [1.29, 1.82) is 0 Å². The number of urea groups is 1. The smallest absolute Gasteiger partial charge is 0.349 e. The molecule has 0 bridgehead atoms. The number of amides is 3. The third-order valence-corrected chi connectivity index (χ3v) is 4.54. The van der Waals surface area contributed by atoms with Crippen LogP contribution < -0.4 is 16.0 Å². The van der Waals surface area contributed by atoms with Gasteiger partial charge in [-0.25, -0.2) is 4.79 Å². The summed E-state index contributed by atoms with van der Waals surface area (Å²) >= 11 is 0. The molecule has 1 aliphatic rings. The van der Waals surface area contributed by atoms with Gasteiger partial charge in [-0.3, -0.25) is 4.79 Å². The molecule has 148 valence electrons. The molecule has 1 aliphatic carbocycles. The van der Waals surface area contributed by atoms with E-state index in [2.05, 4.69) is 16.0 Å². The average molecular weight is 391 g/mol. The van der Waals surface area contributed by atoms with E-state index in [1.54, 1.807) is 24.3 Å². The van der Waals surface area contributed by atoms with Crippen molar-refractivity contribution in [2.45, 2.75) is 37.9 Å². The van der Waals surface area contributed by atoms with Gasteiger partial charge in [0.1, 0.15) is 0 Å². The van der Waals surface area contributed by atoms with Gasteiger partial charge in [0.2, 0.25) is 0 Å². The molecular weight excluding hydrogens is 371 g/mol. The van der Waals surface area contributed by atoms with Crippen molar-refractivity contribution in [2.75, 3.05) is 10.6 Å². The van der Waals surface area contributed by atoms with Crippen molar-refractivity contribution in [1.82, 2.24) is 5.32 Å². The van der Waals surface area contributed by atoms with Crippen LogP contribution in [-0.2, 0) is 6.18 Å². The fraction of sp³-hybridized carbons (Fsp3) is 0.300. The molecule has 8 heteroatoms. The molecule has 3 N–H and O–H groups in total. The standard InChI is InChI=1S/C20H20F3N3O2/c21-20(22,23)14-4-3-7-17(12-14)26-19(28)25-16-10-8-13(9-11-16)18(27)24-15-5-1-2-6-15/h3-4,7-12,15H,1-2,5-6H2,(H,24,27)(H2,25,26,28). The van der Waals surface area contributed by atoms with Gasteiger partial charge < -0.3 is 16.0 Å². The highest BCUT2D eigenvalue weighted by Gasteiger charge is 2.30. The van der Waals surface area contributed by atoms with Crippen LogP contribution in [0, 0.1) is 0 Å². The van der Waals surface area contributed by atoms with E-state index >= 15 is 0 Å². The van der Waals surface area contributed by atoms with Gasteiger partial charge >= 0.3 is 12.2 Å². The van der Waals surface area contributed by atoms with E-state index in [9.17, 15) is 22.8 Å². The summed E-state index contributed by atoms with van der Waals surface area (Å²) in [6.07, 6.45) is -0.269. The van der Waals surface area contributed by atoms with Crippen LogP contribution in [0.5, 0.6) is 0 Å². The van der Waals surface area contributed by atoms with Crippen molar-refractivity contribution in [3.8, 4) is 0 Å². The fourth-order valence-electron chi connectivity index (χ4n) is 3.11. The molecule has 0 aromatic heterocycles. The summed E-state index contributed by atoms with van der Waals surface area (Å²) in [7, 11) is 0. The second kappa shape index (κ2) is 8.33. The van der Waals surface area contributed by atoms with Crippen LogP contribution in [0.25, 0.3) is 0 Å². The normalized spacial score (nSPS) is 14.5. The van der Waals surface area contributed by atoms with Gasteiger partial charge in [-0.15, -0.1) is 0 Å². The number of hydrogen-bond donors (Lipinski definition) is 3. The van der Waals surface area contributed by atoms with Gasteiger partial charge in [-0.05, 0) is 55.3 Å². The number of nitrogens with one attached hydrogen (secondary N) is 3. The molecule has 0 aliphatic heterocycles. The maximum atomic E-state index is 12.7. The molecule has 0 radical (unpaired) electrons. The van der Waals surface area contributed by atoms with Gasteiger partial charge in [-0.2, -0.15) is 13.2 Å². The topological polar surface area (TPSA) is 70.2 Å². The van der Waals surface area contributed by atoms with Gasteiger partial charge in [0, 0.05) is 23.0 Å². The van der Waals surface area contributed by atoms with Crippen LogP contribution in [0.4, 0.5) is 29.3 Å². The molecule has 2 aromatic rings. The minimum absolute atomic E-state index is 0.0277. The lowest BCUT2D eigenvalue weighted by molar-refractivity contribution is -0.137. The van der Waals surface area contributed by atoms with Crippen molar-refractivity contribution >= 4 is 23.3 Å². The van der Waals surface area contributed by atoms with Crippen molar-refractivity contribution in [2.24, 2.45) is 0 Å². The van der Waals surface area contributed by atoms with Gasteiger partial charge in [-0.1, -0.05) is 18.9 Å². The first-order valence-corrected chi connectivity index (χ1v) is 8.97. The average Bonchev–Trinajstić information content (AvgIpc) is 3.14. The zero-order valence-electron chi connectivity index (χ0n) is 15.0. The van der Waals surface area contributed by atoms with E-state index in [0.717, 1.165) is 37.8 Å². The van der Waals surface area contributed by atoms with Crippen LogP contribution >= 0.6 is 0 Å². The molecule has 5 nitrogen and oxygen atoms in total. The molecule has 0 heterocycles. The number of rotatable bonds is 4. The van der Waals surface area contributed by atoms with Gasteiger partial charge in [0.15, 0.2) is 0 Å². The molecular formula is C20H20F3N3O2. The Bertz CT molecular complexity index is 845. The summed E-state index contributed by atoms with van der Waals surface area (Å²) in [5.74, 6) is -0.160. The lowest BCUT2D eigenvalue weighted by Crippen LogP contribution is -2.32. The predicted molar refractivity (Wildman–Crippen MR) is 100 cm³/mol. The SMILES string of the molecule is O=C(Nc1ccc(C(=O)NC2CCCC2)cc1)Nc1cccc(C(F)(F)F)c1. The number of hydrogen-bond acceptors (Lipinski definition) is 2. The fourth-order valence-corrected chi connectivity index (χ4v) is 3.11. The third-order valence-electron chi connectivity index (χ3n) is 4.54. The Labute approximate surface area is 160 Å². The first kappa shape index (κ1) is 19.7. The van der Waals surface area contributed by atoms with Crippen LogP contribution in [-0.4, -0.2) is 18.0 Å². The molecule has 0 atom stereocenters. The van der Waals surface area contributed by atoms with Crippen LogP contribution in [0.1, 0.15) is 41.6 Å². The van der Waals surface area contributed by atoms with E-state index in [1.807, 2.05) is 0 Å². The Morgan fingerprint density at radius 1 is 0.893 bits per heavy atom. The lowest BCUT2D eigenvalue weighted by Gasteiger charge is -2.13. The van der Waals surface area contributed by atoms with Crippen LogP contribution in [0.15, 0.2) is 48.5 Å². The Hall–Kier alpha value is -3.03. The highest BCUT2D eigenvalue weighted by Crippen LogP contribution is 2.30. The molecule has 1 fully saturated rings. The Balaban J connectivity index is 1.56. The lowest BCUT2D eigenvalue weighted by atomic mass is 10.1. The number of halogens is 3. The Kier molecular flexibility index (Phi) is 5.87. The second-order valence-electron chi connectivity index (χ2n) is 6.69. The van der Waals surface area contributed by atoms with Crippen molar-refractivity contribution in [3.05, 3.63) is 59.7 Å². The first-order chi connectivity index (χ1) is 13.3. The zero-order valence-corrected chi connectivity index (χ0v) is 15.0. The number of carbonyl (C=O) groups is 2. The molecule has 2 aromatic carbocycles. The molecule has 28 heavy (non-hydrogen) atoms. The van der Waals surface area contributed by atoms with Crippen molar-refractivity contribution in [3.63, 3.8) is 0 Å². The van der Waals surface area contributed by atoms with E-state index in [4.69, 9.17) is 0 Å². The molecule has 3 rings (SSSR count). The summed E-state index contributed by atoms with van der Waals surface area (Å²) in [6.45, 7) is 0. The zero-order chi connectivity index (χ0) is 20.1.